The van der Waals surface area contributed by atoms with Gasteiger partial charge in [-0.15, -0.1) is 0 Å². The van der Waals surface area contributed by atoms with Crippen LogP contribution in [0.1, 0.15) is 29.3 Å². The summed E-state index contributed by atoms with van der Waals surface area (Å²) in [5.74, 6) is -0.335. The number of halogens is 3. The average Bonchev–Trinajstić information content (AvgIpc) is 3.03. The van der Waals surface area contributed by atoms with E-state index in [1.54, 1.807) is 28.3 Å². The Hall–Kier alpha value is -3.05. The first kappa shape index (κ1) is 24.1. The van der Waals surface area contributed by atoms with Gasteiger partial charge in [-0.05, 0) is 18.6 Å². The number of fused-ring (bicyclic) bond motifs is 1. The summed E-state index contributed by atoms with van der Waals surface area (Å²) in [6.45, 7) is 3.62. The van der Waals surface area contributed by atoms with Gasteiger partial charge in [0, 0.05) is 29.6 Å². The lowest BCUT2D eigenvalue weighted by molar-refractivity contribution is -0.0891. The molecule has 0 spiro atoms. The molecule has 2 atom stereocenters. The molecule has 1 saturated heterocycles. The Morgan fingerprint density at radius 1 is 1.24 bits per heavy atom. The number of amides is 3. The largest absolute Gasteiger partial charge is 0.491 e. The number of hydrogen-bond donors (Lipinski definition) is 2. The van der Waals surface area contributed by atoms with Crippen LogP contribution in [0.5, 0.6) is 5.75 Å². The fourth-order valence-corrected chi connectivity index (χ4v) is 4.46. The standard InChI is InChI=1S/C23H26F3N3O5/c1-22(6-4-17(5-7-22)23(24,25)26)19-14-34-18-12-15(20(30)27-32)2-3-16(18)13-29(19)21(31)28-8-10-33-11-9-28/h2-6,12,19,32H,7-11,13-14H2,1H3,(H,27,30)/t19-,22?/m1/s1. The van der Waals surface area contributed by atoms with Crippen LogP contribution in [-0.4, -0.2) is 72.1 Å². The van der Waals surface area contributed by atoms with Gasteiger partial charge in [-0.3, -0.25) is 10.0 Å². The van der Waals surface area contributed by atoms with E-state index < -0.39 is 29.1 Å². The van der Waals surface area contributed by atoms with Gasteiger partial charge in [-0.1, -0.05) is 31.2 Å². The molecule has 0 saturated carbocycles. The molecule has 4 rings (SSSR count). The Labute approximate surface area is 194 Å². The molecular formula is C23H26F3N3O5. The van der Waals surface area contributed by atoms with E-state index in [0.717, 1.165) is 12.2 Å². The SMILES string of the molecule is CC1([C@H]2COc3cc(C(=O)NO)ccc3CN2C(=O)N2CCOCC2)C=CC(C(F)(F)F)=CC1. The number of benzene rings is 1. The van der Waals surface area contributed by atoms with E-state index in [-0.39, 0.29) is 31.2 Å². The third kappa shape index (κ3) is 4.76. The molecule has 8 nitrogen and oxygen atoms in total. The van der Waals surface area contributed by atoms with Crippen LogP contribution in [0.25, 0.3) is 0 Å². The summed E-state index contributed by atoms with van der Waals surface area (Å²) in [7, 11) is 0. The first-order valence-electron chi connectivity index (χ1n) is 10.9. The lowest BCUT2D eigenvalue weighted by Gasteiger charge is -2.44. The molecule has 184 valence electrons. The van der Waals surface area contributed by atoms with E-state index in [4.69, 9.17) is 14.7 Å². The highest BCUT2D eigenvalue weighted by Crippen LogP contribution is 2.42. The van der Waals surface area contributed by atoms with Crippen molar-refractivity contribution in [3.8, 4) is 5.75 Å². The minimum absolute atomic E-state index is 0.0172. The molecule has 0 aromatic heterocycles. The summed E-state index contributed by atoms with van der Waals surface area (Å²) in [6.07, 6.45) is -0.652. The first-order valence-corrected chi connectivity index (χ1v) is 10.9. The Bertz CT molecular complexity index is 1020. The smallest absolute Gasteiger partial charge is 0.416 e. The zero-order chi connectivity index (χ0) is 24.5. The Morgan fingerprint density at radius 3 is 2.59 bits per heavy atom. The zero-order valence-corrected chi connectivity index (χ0v) is 18.6. The Balaban J connectivity index is 1.67. The summed E-state index contributed by atoms with van der Waals surface area (Å²) in [5.41, 5.74) is 0.862. The molecule has 11 heteroatoms. The third-order valence-electron chi connectivity index (χ3n) is 6.57. The molecule has 34 heavy (non-hydrogen) atoms. The highest BCUT2D eigenvalue weighted by molar-refractivity contribution is 5.93. The van der Waals surface area contributed by atoms with Gasteiger partial charge in [0.05, 0.1) is 31.4 Å². The molecule has 2 N–H and O–H groups in total. The molecule has 1 aromatic rings. The second kappa shape index (κ2) is 9.30. The maximum atomic E-state index is 13.6. The topological polar surface area (TPSA) is 91.3 Å². The van der Waals surface area contributed by atoms with Gasteiger partial charge in [0.15, 0.2) is 0 Å². The number of ether oxygens (including phenoxy) is 2. The molecule has 2 aliphatic heterocycles. The number of nitrogens with zero attached hydrogens (tertiary/aromatic N) is 2. The van der Waals surface area contributed by atoms with Crippen LogP contribution in [-0.2, 0) is 11.3 Å². The summed E-state index contributed by atoms with van der Waals surface area (Å²) in [4.78, 5) is 28.7. The van der Waals surface area contributed by atoms with Gasteiger partial charge < -0.3 is 19.3 Å². The molecule has 1 aromatic carbocycles. The molecule has 3 aliphatic rings. The molecule has 0 bridgehead atoms. The molecule has 2 heterocycles. The number of nitrogens with one attached hydrogen (secondary N) is 1. The van der Waals surface area contributed by atoms with E-state index in [1.807, 2.05) is 0 Å². The van der Waals surface area contributed by atoms with Gasteiger partial charge in [-0.2, -0.15) is 13.2 Å². The van der Waals surface area contributed by atoms with E-state index in [1.165, 1.54) is 18.2 Å². The third-order valence-corrected chi connectivity index (χ3v) is 6.57. The van der Waals surface area contributed by atoms with Crippen molar-refractivity contribution in [3.63, 3.8) is 0 Å². The number of alkyl halides is 3. The second-order valence-electron chi connectivity index (χ2n) is 8.80. The highest BCUT2D eigenvalue weighted by Gasteiger charge is 2.44. The summed E-state index contributed by atoms with van der Waals surface area (Å²) in [6, 6.07) is 3.80. The van der Waals surface area contributed by atoms with Crippen molar-refractivity contribution in [1.29, 1.82) is 0 Å². The van der Waals surface area contributed by atoms with E-state index in [0.29, 0.717) is 37.6 Å². The minimum Gasteiger partial charge on any atom is -0.491 e. The van der Waals surface area contributed by atoms with Crippen LogP contribution in [0.15, 0.2) is 42.0 Å². The van der Waals surface area contributed by atoms with Crippen molar-refractivity contribution in [2.24, 2.45) is 5.41 Å². The number of rotatable bonds is 2. The van der Waals surface area contributed by atoms with Gasteiger partial charge in [0.2, 0.25) is 0 Å². The van der Waals surface area contributed by atoms with Crippen LogP contribution in [0.4, 0.5) is 18.0 Å². The number of carbonyl (C=O) groups is 2. The lowest BCUT2D eigenvalue weighted by atomic mass is 9.75. The quantitative estimate of drug-likeness (QED) is 0.500. The van der Waals surface area contributed by atoms with Crippen LogP contribution in [0.3, 0.4) is 0 Å². The van der Waals surface area contributed by atoms with Crippen molar-refractivity contribution in [3.05, 3.63) is 53.1 Å². The number of morpholine rings is 1. The lowest BCUT2D eigenvalue weighted by Crippen LogP contribution is -2.56. The maximum absolute atomic E-state index is 13.6. The van der Waals surface area contributed by atoms with Crippen LogP contribution >= 0.6 is 0 Å². The van der Waals surface area contributed by atoms with Gasteiger partial charge in [0.1, 0.15) is 12.4 Å². The summed E-state index contributed by atoms with van der Waals surface area (Å²) >= 11 is 0. The number of allylic oxidation sites excluding steroid dienone is 3. The monoisotopic (exact) mass is 481 g/mol. The van der Waals surface area contributed by atoms with E-state index >= 15 is 0 Å². The van der Waals surface area contributed by atoms with Crippen LogP contribution < -0.4 is 10.2 Å². The summed E-state index contributed by atoms with van der Waals surface area (Å²) < 4.78 is 50.9. The predicted octanol–water partition coefficient (Wildman–Crippen LogP) is 3.28. The van der Waals surface area contributed by atoms with Gasteiger partial charge in [0.25, 0.3) is 5.91 Å². The number of hydroxylamine groups is 1. The Kier molecular flexibility index (Phi) is 6.59. The highest BCUT2D eigenvalue weighted by atomic mass is 19.4. The minimum atomic E-state index is -4.44. The molecular weight excluding hydrogens is 455 g/mol. The molecule has 1 unspecified atom stereocenters. The van der Waals surface area contributed by atoms with Crippen LogP contribution in [0, 0.1) is 5.41 Å². The van der Waals surface area contributed by atoms with E-state index in [2.05, 4.69) is 0 Å². The number of hydrogen-bond acceptors (Lipinski definition) is 5. The summed E-state index contributed by atoms with van der Waals surface area (Å²) in [5, 5.41) is 8.93. The fraction of sp³-hybridized carbons (Fsp3) is 0.478. The van der Waals surface area contributed by atoms with E-state index in [9.17, 15) is 22.8 Å². The van der Waals surface area contributed by atoms with Crippen molar-refractivity contribution < 1.29 is 37.4 Å². The molecule has 3 amide bonds. The fourth-order valence-electron chi connectivity index (χ4n) is 4.46. The maximum Gasteiger partial charge on any atom is 0.416 e. The van der Waals surface area contributed by atoms with Crippen molar-refractivity contribution in [2.75, 3.05) is 32.9 Å². The predicted molar refractivity (Wildman–Crippen MR) is 114 cm³/mol. The molecule has 1 fully saturated rings. The molecule has 0 radical (unpaired) electrons. The zero-order valence-electron chi connectivity index (χ0n) is 18.6. The van der Waals surface area contributed by atoms with Crippen molar-refractivity contribution in [1.82, 2.24) is 15.3 Å². The van der Waals surface area contributed by atoms with Crippen molar-refractivity contribution in [2.45, 2.75) is 32.1 Å². The number of carbonyl (C=O) groups excluding carboxylic acids is 2. The average molecular weight is 481 g/mol. The first-order chi connectivity index (χ1) is 16.1. The van der Waals surface area contributed by atoms with Gasteiger partial charge >= 0.3 is 12.2 Å². The normalized spacial score (nSPS) is 25.1. The van der Waals surface area contributed by atoms with Crippen LogP contribution in [0.2, 0.25) is 0 Å². The second-order valence-corrected chi connectivity index (χ2v) is 8.80. The Morgan fingerprint density at radius 2 is 1.97 bits per heavy atom. The van der Waals surface area contributed by atoms with Gasteiger partial charge in [-0.25, -0.2) is 10.3 Å². The van der Waals surface area contributed by atoms with Crippen molar-refractivity contribution >= 4 is 11.9 Å². The molecule has 1 aliphatic carbocycles. The number of urea groups is 1.